The molecule has 0 saturated heterocycles. The lowest BCUT2D eigenvalue weighted by molar-refractivity contribution is 0.607. The van der Waals surface area contributed by atoms with Crippen LogP contribution in [0.1, 0.15) is 34.7 Å². The molecule has 3 aromatic carbocycles. The monoisotopic (exact) mass is 437 g/mol. The van der Waals surface area contributed by atoms with E-state index in [4.69, 9.17) is 11.6 Å². The van der Waals surface area contributed by atoms with Gasteiger partial charge in [-0.05, 0) is 77.8 Å². The largest absolute Gasteiger partial charge is 0.284 e. The highest BCUT2D eigenvalue weighted by Gasteiger charge is 2.21. The summed E-state index contributed by atoms with van der Waals surface area (Å²) >= 11 is 6.58. The molecule has 0 amide bonds. The van der Waals surface area contributed by atoms with Gasteiger partial charge in [-0.15, -0.1) is 0 Å². The summed E-state index contributed by atoms with van der Waals surface area (Å²) in [6.45, 7) is 2.17. The summed E-state index contributed by atoms with van der Waals surface area (Å²) in [6.07, 6.45) is 3.82. The van der Waals surface area contributed by atoms with Crippen LogP contribution in [0.15, 0.2) is 72.3 Å². The molecular formula is C25H24ClNO2S. The summed E-state index contributed by atoms with van der Waals surface area (Å²) in [5.41, 5.74) is 9.24. The molecule has 0 atom stereocenters. The number of anilines is 1. The van der Waals surface area contributed by atoms with Crippen LogP contribution >= 0.6 is 11.6 Å². The maximum absolute atomic E-state index is 11.4. The van der Waals surface area contributed by atoms with Gasteiger partial charge >= 0.3 is 0 Å². The van der Waals surface area contributed by atoms with Crippen molar-refractivity contribution in [1.82, 2.24) is 0 Å². The normalized spacial score (nSPS) is 15.0. The van der Waals surface area contributed by atoms with Crippen LogP contribution in [0.25, 0.3) is 5.57 Å². The molecule has 1 aliphatic rings. The van der Waals surface area contributed by atoms with Crippen molar-refractivity contribution < 1.29 is 8.42 Å². The van der Waals surface area contributed by atoms with Crippen molar-refractivity contribution in [2.75, 3.05) is 11.0 Å². The first-order valence-electron chi connectivity index (χ1n) is 9.94. The number of nitrogens with one attached hydrogen (secondary N) is 1. The van der Waals surface area contributed by atoms with Crippen LogP contribution in [0.2, 0.25) is 5.02 Å². The van der Waals surface area contributed by atoms with E-state index in [2.05, 4.69) is 42.0 Å². The smallest absolute Gasteiger partial charge is 0.229 e. The fraction of sp³-hybridized carbons (Fsp3) is 0.200. The standard InChI is InChI=1S/C25H24ClNO2S/c1-17(16-18-10-13-20(14-11-18)27-30(2,28)29)25-21-7-4-3-6-19(21)12-15-22-23(25)8-5-9-24(22)26/h3-11,13-14,27H,12,15-16H2,1-2H3/b25-17-. The van der Waals surface area contributed by atoms with E-state index in [-0.39, 0.29) is 0 Å². The maximum atomic E-state index is 11.4. The highest BCUT2D eigenvalue weighted by atomic mass is 35.5. The van der Waals surface area contributed by atoms with E-state index >= 15 is 0 Å². The lowest BCUT2D eigenvalue weighted by Gasteiger charge is -2.17. The van der Waals surface area contributed by atoms with Gasteiger partial charge in [0.05, 0.1) is 6.26 Å². The third-order valence-electron chi connectivity index (χ3n) is 5.47. The number of rotatable bonds is 4. The summed E-state index contributed by atoms with van der Waals surface area (Å²) in [6, 6.07) is 22.3. The van der Waals surface area contributed by atoms with Crippen molar-refractivity contribution in [2.45, 2.75) is 26.2 Å². The lowest BCUT2D eigenvalue weighted by atomic mass is 9.88. The summed E-state index contributed by atoms with van der Waals surface area (Å²) in [7, 11) is -3.28. The average molecular weight is 438 g/mol. The SMILES string of the molecule is C/C(Cc1ccc(NS(C)(=O)=O)cc1)=C1\c2ccccc2CCc2c(Cl)cccc21. The second-order valence-electron chi connectivity index (χ2n) is 7.83. The number of hydrogen-bond acceptors (Lipinski definition) is 2. The van der Waals surface area contributed by atoms with Gasteiger partial charge in [-0.3, -0.25) is 4.72 Å². The third kappa shape index (κ3) is 4.45. The fourth-order valence-corrected chi connectivity index (χ4v) is 5.03. The van der Waals surface area contributed by atoms with Gasteiger partial charge in [-0.2, -0.15) is 0 Å². The van der Waals surface area contributed by atoms with E-state index in [1.54, 1.807) is 12.1 Å². The summed E-state index contributed by atoms with van der Waals surface area (Å²) in [5, 5.41) is 0.821. The molecule has 154 valence electrons. The molecule has 0 heterocycles. The minimum absolute atomic E-state index is 0.573. The van der Waals surface area contributed by atoms with E-state index in [9.17, 15) is 8.42 Å². The highest BCUT2D eigenvalue weighted by molar-refractivity contribution is 7.92. The van der Waals surface area contributed by atoms with Gasteiger partial charge in [0, 0.05) is 10.7 Å². The van der Waals surface area contributed by atoms with Gasteiger partial charge in [-0.25, -0.2) is 8.42 Å². The first-order chi connectivity index (χ1) is 14.3. The molecule has 5 heteroatoms. The molecule has 4 rings (SSSR count). The van der Waals surface area contributed by atoms with Crippen molar-refractivity contribution in [2.24, 2.45) is 0 Å². The Balaban J connectivity index is 1.77. The first-order valence-corrected chi connectivity index (χ1v) is 12.2. The highest BCUT2D eigenvalue weighted by Crippen LogP contribution is 2.38. The number of sulfonamides is 1. The zero-order valence-corrected chi connectivity index (χ0v) is 18.6. The van der Waals surface area contributed by atoms with Crippen LogP contribution in [0.4, 0.5) is 5.69 Å². The Morgan fingerprint density at radius 1 is 0.933 bits per heavy atom. The molecule has 3 nitrogen and oxygen atoms in total. The van der Waals surface area contributed by atoms with Crippen LogP contribution in [0, 0.1) is 0 Å². The molecule has 0 bridgehead atoms. The van der Waals surface area contributed by atoms with Crippen molar-refractivity contribution in [3.8, 4) is 0 Å². The number of hydrogen-bond donors (Lipinski definition) is 1. The second-order valence-corrected chi connectivity index (χ2v) is 9.98. The Kier molecular flexibility index (Phi) is 5.72. The van der Waals surface area contributed by atoms with E-state index in [0.717, 1.165) is 36.1 Å². The predicted molar refractivity (Wildman–Crippen MR) is 126 cm³/mol. The van der Waals surface area contributed by atoms with E-state index in [1.165, 1.54) is 33.4 Å². The number of aryl methyl sites for hydroxylation is 1. The van der Waals surface area contributed by atoms with E-state index < -0.39 is 10.0 Å². The van der Waals surface area contributed by atoms with Gasteiger partial charge in [0.25, 0.3) is 0 Å². The molecule has 1 N–H and O–H groups in total. The van der Waals surface area contributed by atoms with Crippen molar-refractivity contribution in [3.63, 3.8) is 0 Å². The molecular weight excluding hydrogens is 414 g/mol. The van der Waals surface area contributed by atoms with Crippen LogP contribution in [-0.4, -0.2) is 14.7 Å². The van der Waals surface area contributed by atoms with Crippen LogP contribution < -0.4 is 4.72 Å². The summed E-state index contributed by atoms with van der Waals surface area (Å²) in [5.74, 6) is 0. The molecule has 0 aromatic heterocycles. The van der Waals surface area contributed by atoms with Gasteiger partial charge in [0.2, 0.25) is 10.0 Å². The molecule has 0 radical (unpaired) electrons. The lowest BCUT2D eigenvalue weighted by Crippen LogP contribution is -2.09. The molecule has 0 aliphatic heterocycles. The minimum atomic E-state index is -3.28. The number of halogens is 1. The molecule has 0 saturated carbocycles. The zero-order chi connectivity index (χ0) is 21.3. The van der Waals surface area contributed by atoms with Crippen molar-refractivity contribution >= 4 is 32.9 Å². The van der Waals surface area contributed by atoms with E-state index in [0.29, 0.717) is 5.69 Å². The zero-order valence-electron chi connectivity index (χ0n) is 17.1. The van der Waals surface area contributed by atoms with Gasteiger partial charge in [0.1, 0.15) is 0 Å². The molecule has 0 fully saturated rings. The molecule has 0 spiro atoms. The first kappa shape index (κ1) is 20.7. The fourth-order valence-electron chi connectivity index (χ4n) is 4.19. The Labute approximate surface area is 183 Å². The Morgan fingerprint density at radius 2 is 1.63 bits per heavy atom. The maximum Gasteiger partial charge on any atom is 0.229 e. The Hall–Kier alpha value is -2.56. The summed E-state index contributed by atoms with van der Waals surface area (Å²) in [4.78, 5) is 0. The van der Waals surface area contributed by atoms with Gasteiger partial charge in [0.15, 0.2) is 0 Å². The van der Waals surface area contributed by atoms with Gasteiger partial charge < -0.3 is 0 Å². The second kappa shape index (κ2) is 8.29. The van der Waals surface area contributed by atoms with E-state index in [1.807, 2.05) is 24.3 Å². The quantitative estimate of drug-likeness (QED) is 0.554. The molecule has 0 unspecified atom stereocenters. The van der Waals surface area contributed by atoms with Crippen LogP contribution in [-0.2, 0) is 29.3 Å². The Morgan fingerprint density at radius 3 is 2.37 bits per heavy atom. The summed E-state index contributed by atoms with van der Waals surface area (Å²) < 4.78 is 25.4. The van der Waals surface area contributed by atoms with Crippen LogP contribution in [0.5, 0.6) is 0 Å². The number of fused-ring (bicyclic) bond motifs is 2. The van der Waals surface area contributed by atoms with Crippen molar-refractivity contribution in [1.29, 1.82) is 0 Å². The molecule has 1 aliphatic carbocycles. The average Bonchev–Trinajstić information content (AvgIpc) is 2.86. The van der Waals surface area contributed by atoms with Gasteiger partial charge in [-0.1, -0.05) is 65.7 Å². The topological polar surface area (TPSA) is 46.2 Å². The molecule has 30 heavy (non-hydrogen) atoms. The Bertz CT molecular complexity index is 1230. The number of allylic oxidation sites excluding steroid dienone is 1. The predicted octanol–water partition coefficient (Wildman–Crippen LogP) is 5.87. The third-order valence-corrected chi connectivity index (χ3v) is 6.43. The number of benzene rings is 3. The van der Waals surface area contributed by atoms with Crippen LogP contribution in [0.3, 0.4) is 0 Å². The minimum Gasteiger partial charge on any atom is -0.284 e. The molecule has 3 aromatic rings. The van der Waals surface area contributed by atoms with Crippen molar-refractivity contribution in [3.05, 3.63) is 105 Å².